The minimum atomic E-state index is -0.266. The van der Waals surface area contributed by atoms with E-state index in [2.05, 4.69) is 10.6 Å². The van der Waals surface area contributed by atoms with Crippen LogP contribution in [0.5, 0.6) is 0 Å². The van der Waals surface area contributed by atoms with Crippen LogP contribution in [0.3, 0.4) is 0 Å². The molecular formula is C13H18FN3O. The number of carbonyl (C=O) groups excluding carboxylic acids is 1. The van der Waals surface area contributed by atoms with Gasteiger partial charge in [-0.3, -0.25) is 4.79 Å². The van der Waals surface area contributed by atoms with Gasteiger partial charge in [-0.2, -0.15) is 0 Å². The first kappa shape index (κ1) is 12.8. The summed E-state index contributed by atoms with van der Waals surface area (Å²) >= 11 is 0. The maximum Gasteiger partial charge on any atom is 0.239 e. The van der Waals surface area contributed by atoms with Gasteiger partial charge in [-0.1, -0.05) is 12.1 Å². The lowest BCUT2D eigenvalue weighted by molar-refractivity contribution is -0.119. The van der Waals surface area contributed by atoms with E-state index in [1.807, 2.05) is 18.0 Å². The normalized spacial score (nSPS) is 16.3. The van der Waals surface area contributed by atoms with Crippen molar-refractivity contribution in [2.24, 2.45) is 0 Å². The maximum atomic E-state index is 14.0. The predicted molar refractivity (Wildman–Crippen MR) is 69.0 cm³/mol. The molecule has 1 saturated heterocycles. The largest absolute Gasteiger partial charge is 0.360 e. The van der Waals surface area contributed by atoms with Gasteiger partial charge in [-0.05, 0) is 25.1 Å². The second kappa shape index (κ2) is 5.82. The van der Waals surface area contributed by atoms with Crippen LogP contribution in [0.1, 0.15) is 12.0 Å². The van der Waals surface area contributed by atoms with Crippen molar-refractivity contribution in [1.82, 2.24) is 10.6 Å². The number of carbonyl (C=O) groups is 1. The molecule has 1 amide bonds. The van der Waals surface area contributed by atoms with Gasteiger partial charge >= 0.3 is 0 Å². The fourth-order valence-electron chi connectivity index (χ4n) is 2.24. The number of para-hydroxylation sites is 1. The number of nitrogens with one attached hydrogen (secondary N) is 2. The summed E-state index contributed by atoms with van der Waals surface area (Å²) in [4.78, 5) is 13.4. The predicted octanol–water partition coefficient (Wildman–Crippen LogP) is 0.871. The Kier molecular flexibility index (Phi) is 4.15. The van der Waals surface area contributed by atoms with E-state index in [1.54, 1.807) is 6.07 Å². The van der Waals surface area contributed by atoms with Gasteiger partial charge in [0.25, 0.3) is 0 Å². The number of nitrogens with zero attached hydrogens (tertiary/aromatic N) is 1. The van der Waals surface area contributed by atoms with Crippen LogP contribution in [0.25, 0.3) is 0 Å². The Morgan fingerprint density at radius 1 is 1.50 bits per heavy atom. The molecule has 2 rings (SSSR count). The third-order valence-corrected chi connectivity index (χ3v) is 3.02. The molecule has 1 aromatic carbocycles. The molecule has 5 heteroatoms. The lowest BCUT2D eigenvalue weighted by Gasteiger charge is -2.24. The summed E-state index contributed by atoms with van der Waals surface area (Å²) in [6, 6.07) is 5.03. The van der Waals surface area contributed by atoms with Gasteiger partial charge in [0.15, 0.2) is 0 Å². The second-order valence-electron chi connectivity index (χ2n) is 4.40. The molecule has 98 valence electrons. The van der Waals surface area contributed by atoms with Crippen molar-refractivity contribution in [2.45, 2.75) is 13.0 Å². The molecule has 18 heavy (non-hydrogen) atoms. The lowest BCUT2D eigenvalue weighted by Crippen LogP contribution is -2.34. The molecule has 0 aliphatic carbocycles. The van der Waals surface area contributed by atoms with Gasteiger partial charge in [-0.25, -0.2) is 4.39 Å². The van der Waals surface area contributed by atoms with E-state index in [0.717, 1.165) is 12.0 Å². The Morgan fingerprint density at radius 3 is 3.11 bits per heavy atom. The van der Waals surface area contributed by atoms with E-state index in [4.69, 9.17) is 0 Å². The quantitative estimate of drug-likeness (QED) is 0.838. The summed E-state index contributed by atoms with van der Waals surface area (Å²) in [5.74, 6) is -0.316. The summed E-state index contributed by atoms with van der Waals surface area (Å²) in [5.41, 5.74) is 1.43. The van der Waals surface area contributed by atoms with Crippen LogP contribution in [0, 0.1) is 5.82 Å². The van der Waals surface area contributed by atoms with Crippen molar-refractivity contribution in [2.75, 3.05) is 31.6 Å². The minimum Gasteiger partial charge on any atom is -0.360 e. The summed E-state index contributed by atoms with van der Waals surface area (Å²) in [7, 11) is 1.82. The van der Waals surface area contributed by atoms with E-state index < -0.39 is 0 Å². The van der Waals surface area contributed by atoms with Crippen LogP contribution in [0.15, 0.2) is 18.2 Å². The van der Waals surface area contributed by atoms with E-state index in [1.165, 1.54) is 6.07 Å². The highest BCUT2D eigenvalue weighted by molar-refractivity contribution is 5.82. The Labute approximate surface area is 106 Å². The Morgan fingerprint density at radius 2 is 2.33 bits per heavy atom. The number of benzene rings is 1. The van der Waals surface area contributed by atoms with Crippen molar-refractivity contribution in [3.8, 4) is 0 Å². The van der Waals surface area contributed by atoms with Crippen molar-refractivity contribution in [1.29, 1.82) is 0 Å². The molecule has 0 aromatic heterocycles. The van der Waals surface area contributed by atoms with Crippen LogP contribution in [0.4, 0.5) is 10.1 Å². The first-order valence-corrected chi connectivity index (χ1v) is 6.16. The van der Waals surface area contributed by atoms with Crippen LogP contribution in [-0.2, 0) is 11.3 Å². The molecule has 1 heterocycles. The van der Waals surface area contributed by atoms with Crippen LogP contribution >= 0.6 is 0 Å². The smallest absolute Gasteiger partial charge is 0.239 e. The topological polar surface area (TPSA) is 44.4 Å². The fraction of sp³-hybridized carbons (Fsp3) is 0.462. The second-order valence-corrected chi connectivity index (χ2v) is 4.40. The molecule has 0 radical (unpaired) electrons. The molecule has 1 aromatic rings. The molecule has 0 saturated carbocycles. The Bertz CT molecular complexity index is 436. The summed E-state index contributed by atoms with van der Waals surface area (Å²) in [5, 5.41) is 5.82. The zero-order valence-corrected chi connectivity index (χ0v) is 10.5. The standard InChI is InChI=1S/C13H18FN3O/c1-15-8-10-4-2-5-11(14)13(10)17-7-3-6-16-12(18)9-17/h2,4-5,15H,3,6-9H2,1H3,(H,16,18). The van der Waals surface area contributed by atoms with Crippen LogP contribution < -0.4 is 15.5 Å². The molecule has 0 unspecified atom stereocenters. The van der Waals surface area contributed by atoms with E-state index in [0.29, 0.717) is 25.3 Å². The molecule has 0 spiro atoms. The van der Waals surface area contributed by atoms with Crippen LogP contribution in [0.2, 0.25) is 0 Å². The Balaban J connectivity index is 2.32. The number of halogens is 1. The molecule has 0 bridgehead atoms. The van der Waals surface area contributed by atoms with Gasteiger partial charge in [0, 0.05) is 19.6 Å². The third kappa shape index (κ3) is 2.79. The molecule has 1 fully saturated rings. The first-order valence-electron chi connectivity index (χ1n) is 6.16. The summed E-state index contributed by atoms with van der Waals surface area (Å²) < 4.78 is 14.0. The number of hydrogen-bond donors (Lipinski definition) is 2. The lowest BCUT2D eigenvalue weighted by atomic mass is 10.1. The van der Waals surface area contributed by atoms with Gasteiger partial charge in [0.05, 0.1) is 12.2 Å². The zero-order valence-electron chi connectivity index (χ0n) is 10.5. The average Bonchev–Trinajstić information content (AvgIpc) is 2.54. The minimum absolute atomic E-state index is 0.0499. The number of amides is 1. The Hall–Kier alpha value is -1.62. The fourth-order valence-corrected chi connectivity index (χ4v) is 2.24. The van der Waals surface area contributed by atoms with Crippen LogP contribution in [-0.4, -0.2) is 32.6 Å². The highest BCUT2D eigenvalue weighted by atomic mass is 19.1. The summed E-state index contributed by atoms with van der Waals surface area (Å²) in [6.45, 7) is 2.16. The van der Waals surface area contributed by atoms with Crippen molar-refractivity contribution in [3.05, 3.63) is 29.6 Å². The summed E-state index contributed by atoms with van der Waals surface area (Å²) in [6.07, 6.45) is 0.832. The number of anilines is 1. The van der Waals surface area contributed by atoms with Gasteiger partial charge < -0.3 is 15.5 Å². The number of hydrogen-bond acceptors (Lipinski definition) is 3. The van der Waals surface area contributed by atoms with Gasteiger partial charge in [0.1, 0.15) is 5.82 Å². The molecular weight excluding hydrogens is 233 g/mol. The molecule has 1 aliphatic heterocycles. The first-order chi connectivity index (χ1) is 8.72. The van der Waals surface area contributed by atoms with Gasteiger partial charge in [-0.15, -0.1) is 0 Å². The molecule has 1 aliphatic rings. The van der Waals surface area contributed by atoms with Crippen molar-refractivity contribution in [3.63, 3.8) is 0 Å². The van der Waals surface area contributed by atoms with E-state index in [-0.39, 0.29) is 18.3 Å². The molecule has 0 atom stereocenters. The number of rotatable bonds is 3. The van der Waals surface area contributed by atoms with Crippen molar-refractivity contribution >= 4 is 11.6 Å². The highest BCUT2D eigenvalue weighted by Gasteiger charge is 2.20. The van der Waals surface area contributed by atoms with Gasteiger partial charge in [0.2, 0.25) is 5.91 Å². The third-order valence-electron chi connectivity index (χ3n) is 3.02. The van der Waals surface area contributed by atoms with Crippen molar-refractivity contribution < 1.29 is 9.18 Å². The zero-order chi connectivity index (χ0) is 13.0. The average molecular weight is 251 g/mol. The SMILES string of the molecule is CNCc1cccc(F)c1N1CCCNC(=O)C1. The molecule has 2 N–H and O–H groups in total. The molecule has 4 nitrogen and oxygen atoms in total. The monoisotopic (exact) mass is 251 g/mol. The maximum absolute atomic E-state index is 14.0. The van der Waals surface area contributed by atoms with E-state index in [9.17, 15) is 9.18 Å². The highest BCUT2D eigenvalue weighted by Crippen LogP contribution is 2.25. The van der Waals surface area contributed by atoms with E-state index >= 15 is 0 Å².